The van der Waals surface area contributed by atoms with Crippen molar-refractivity contribution in [3.8, 4) is 0 Å². The second-order valence-electron chi connectivity index (χ2n) is 6.26. The van der Waals surface area contributed by atoms with Gasteiger partial charge in [-0.1, -0.05) is 30.2 Å². The summed E-state index contributed by atoms with van der Waals surface area (Å²) in [6.45, 7) is 3.86. The van der Waals surface area contributed by atoms with Gasteiger partial charge in [0.2, 0.25) is 0 Å². The summed E-state index contributed by atoms with van der Waals surface area (Å²) in [5.74, 6) is 0. The number of halogens is 1. The molecule has 6 heteroatoms. The van der Waals surface area contributed by atoms with E-state index in [0.717, 1.165) is 18.1 Å². The Kier molecular flexibility index (Phi) is 7.82. The molecule has 0 aliphatic carbocycles. The van der Waals surface area contributed by atoms with Gasteiger partial charge in [0.05, 0.1) is 12.6 Å². The van der Waals surface area contributed by atoms with Gasteiger partial charge in [-0.15, -0.1) is 0 Å². The van der Waals surface area contributed by atoms with Gasteiger partial charge in [0.15, 0.2) is 0 Å². The molecule has 1 aromatic rings. The minimum absolute atomic E-state index is 0.0666. The van der Waals surface area contributed by atoms with Gasteiger partial charge in [-0.05, 0) is 43.6 Å². The highest BCUT2D eigenvalue weighted by Gasteiger charge is 2.23. The standard InChI is InChI=1S/C18H28ClN3O2/c1-21(12-13-24-2)18(23)20-14-17(22-10-4-3-5-11-22)15-6-8-16(19)9-7-15/h6-9,17H,3-5,10-14H2,1-2H3,(H,20,23). The molecule has 0 saturated carbocycles. The van der Waals surface area contributed by atoms with Gasteiger partial charge in [0.1, 0.15) is 0 Å². The molecule has 0 aromatic heterocycles. The van der Waals surface area contributed by atoms with E-state index in [1.807, 2.05) is 12.1 Å². The van der Waals surface area contributed by atoms with Gasteiger partial charge >= 0.3 is 6.03 Å². The Morgan fingerprint density at radius 3 is 2.58 bits per heavy atom. The quantitative estimate of drug-likeness (QED) is 0.819. The highest BCUT2D eigenvalue weighted by atomic mass is 35.5. The molecule has 1 heterocycles. The lowest BCUT2D eigenvalue weighted by molar-refractivity contribution is 0.147. The third-order valence-corrected chi connectivity index (χ3v) is 4.76. The molecule has 1 fully saturated rings. The Bertz CT molecular complexity index is 503. The molecule has 1 aliphatic heterocycles. The Morgan fingerprint density at radius 1 is 1.29 bits per heavy atom. The van der Waals surface area contributed by atoms with Crippen LogP contribution < -0.4 is 5.32 Å². The molecule has 1 aliphatic rings. The van der Waals surface area contributed by atoms with Crippen LogP contribution in [0.3, 0.4) is 0 Å². The normalized spacial score (nSPS) is 16.6. The summed E-state index contributed by atoms with van der Waals surface area (Å²) in [6.07, 6.45) is 3.72. The number of hydrogen-bond donors (Lipinski definition) is 1. The van der Waals surface area contributed by atoms with E-state index in [0.29, 0.717) is 19.7 Å². The van der Waals surface area contributed by atoms with Gasteiger partial charge in [-0.25, -0.2) is 4.79 Å². The van der Waals surface area contributed by atoms with Gasteiger partial charge < -0.3 is 15.0 Å². The van der Waals surface area contributed by atoms with Crippen molar-refractivity contribution in [1.29, 1.82) is 0 Å². The van der Waals surface area contributed by atoms with Crippen LogP contribution in [0.5, 0.6) is 0 Å². The zero-order valence-corrected chi connectivity index (χ0v) is 15.4. The highest BCUT2D eigenvalue weighted by Crippen LogP contribution is 2.25. The number of amides is 2. The van der Waals surface area contributed by atoms with Crippen LogP contribution in [0.15, 0.2) is 24.3 Å². The second-order valence-corrected chi connectivity index (χ2v) is 6.70. The van der Waals surface area contributed by atoms with Gasteiger partial charge in [0.25, 0.3) is 0 Å². The monoisotopic (exact) mass is 353 g/mol. The first-order valence-corrected chi connectivity index (χ1v) is 8.97. The number of piperidine rings is 1. The number of carbonyl (C=O) groups excluding carboxylic acids is 1. The molecule has 0 radical (unpaired) electrons. The Hall–Kier alpha value is -1.30. The van der Waals surface area contributed by atoms with Crippen molar-refractivity contribution in [2.75, 3.05) is 46.9 Å². The molecule has 1 saturated heterocycles. The van der Waals surface area contributed by atoms with Crippen LogP contribution in [-0.2, 0) is 4.74 Å². The molecular formula is C18H28ClN3O2. The number of nitrogens with zero attached hydrogens (tertiary/aromatic N) is 2. The summed E-state index contributed by atoms with van der Waals surface area (Å²) in [4.78, 5) is 16.4. The number of ether oxygens (including phenoxy) is 1. The molecule has 2 amide bonds. The molecule has 2 rings (SSSR count). The number of urea groups is 1. The van der Waals surface area contributed by atoms with Crippen LogP contribution in [0.4, 0.5) is 4.79 Å². The molecule has 1 unspecified atom stereocenters. The van der Waals surface area contributed by atoms with E-state index in [1.165, 1.54) is 24.8 Å². The molecule has 1 aromatic carbocycles. The number of carbonyl (C=O) groups is 1. The summed E-state index contributed by atoms with van der Waals surface area (Å²) >= 11 is 6.02. The number of nitrogens with one attached hydrogen (secondary N) is 1. The summed E-state index contributed by atoms with van der Waals surface area (Å²) in [6, 6.07) is 8.07. The number of likely N-dealkylation sites (N-methyl/N-ethyl adjacent to an activating group) is 1. The summed E-state index contributed by atoms with van der Waals surface area (Å²) in [5.41, 5.74) is 1.20. The average molecular weight is 354 g/mol. The molecule has 0 spiro atoms. The second kappa shape index (κ2) is 9.87. The van der Waals surface area contributed by atoms with Crippen LogP contribution in [0.2, 0.25) is 5.02 Å². The van der Waals surface area contributed by atoms with Crippen molar-refractivity contribution < 1.29 is 9.53 Å². The number of methoxy groups -OCH3 is 1. The molecule has 5 nitrogen and oxygen atoms in total. The van der Waals surface area contributed by atoms with E-state index < -0.39 is 0 Å². The zero-order valence-electron chi connectivity index (χ0n) is 14.6. The van der Waals surface area contributed by atoms with Crippen LogP contribution in [0.25, 0.3) is 0 Å². The van der Waals surface area contributed by atoms with Crippen molar-refractivity contribution in [1.82, 2.24) is 15.1 Å². The van der Waals surface area contributed by atoms with E-state index in [4.69, 9.17) is 16.3 Å². The predicted molar refractivity (Wildman–Crippen MR) is 97.5 cm³/mol. The average Bonchev–Trinajstić information content (AvgIpc) is 2.62. The highest BCUT2D eigenvalue weighted by molar-refractivity contribution is 6.30. The van der Waals surface area contributed by atoms with Crippen molar-refractivity contribution in [2.45, 2.75) is 25.3 Å². The first-order chi connectivity index (χ1) is 11.6. The summed E-state index contributed by atoms with van der Waals surface area (Å²) in [7, 11) is 3.42. The maximum absolute atomic E-state index is 12.2. The van der Waals surface area contributed by atoms with Gasteiger partial charge in [-0.2, -0.15) is 0 Å². The lowest BCUT2D eigenvalue weighted by Crippen LogP contribution is -2.44. The first kappa shape index (κ1) is 19.0. The predicted octanol–water partition coefficient (Wildman–Crippen LogP) is 3.15. The first-order valence-electron chi connectivity index (χ1n) is 8.59. The van der Waals surface area contributed by atoms with Crippen molar-refractivity contribution in [3.05, 3.63) is 34.9 Å². The van der Waals surface area contributed by atoms with Crippen LogP contribution in [-0.4, -0.2) is 62.8 Å². The SMILES string of the molecule is COCCN(C)C(=O)NCC(c1ccc(Cl)cc1)N1CCCCC1. The number of hydrogen-bond acceptors (Lipinski definition) is 3. The minimum atomic E-state index is -0.0666. The summed E-state index contributed by atoms with van der Waals surface area (Å²) < 4.78 is 5.02. The zero-order chi connectivity index (χ0) is 17.4. The third kappa shape index (κ3) is 5.65. The Morgan fingerprint density at radius 2 is 1.96 bits per heavy atom. The van der Waals surface area contributed by atoms with Crippen molar-refractivity contribution in [3.63, 3.8) is 0 Å². The maximum atomic E-state index is 12.2. The molecule has 1 N–H and O–H groups in total. The minimum Gasteiger partial charge on any atom is -0.383 e. The Labute approximate surface area is 149 Å². The van der Waals surface area contributed by atoms with Crippen molar-refractivity contribution in [2.24, 2.45) is 0 Å². The van der Waals surface area contributed by atoms with Gasteiger partial charge in [-0.3, -0.25) is 4.90 Å². The largest absolute Gasteiger partial charge is 0.383 e. The third-order valence-electron chi connectivity index (χ3n) is 4.51. The smallest absolute Gasteiger partial charge is 0.317 e. The number of rotatable bonds is 7. The molecule has 0 bridgehead atoms. The fourth-order valence-electron chi connectivity index (χ4n) is 3.02. The van der Waals surface area contributed by atoms with E-state index in [2.05, 4.69) is 22.3 Å². The fourth-order valence-corrected chi connectivity index (χ4v) is 3.15. The van der Waals surface area contributed by atoms with Crippen LogP contribution in [0, 0.1) is 0 Å². The molecular weight excluding hydrogens is 326 g/mol. The Balaban J connectivity index is 2.00. The van der Waals surface area contributed by atoms with Gasteiger partial charge in [0, 0.05) is 32.3 Å². The van der Waals surface area contributed by atoms with E-state index in [9.17, 15) is 4.79 Å². The van der Waals surface area contributed by atoms with E-state index in [1.54, 1.807) is 19.1 Å². The lowest BCUT2D eigenvalue weighted by Gasteiger charge is -2.35. The lowest BCUT2D eigenvalue weighted by atomic mass is 10.0. The summed E-state index contributed by atoms with van der Waals surface area (Å²) in [5, 5.41) is 3.79. The van der Waals surface area contributed by atoms with Crippen LogP contribution >= 0.6 is 11.6 Å². The van der Waals surface area contributed by atoms with E-state index in [-0.39, 0.29) is 12.1 Å². The fraction of sp³-hybridized carbons (Fsp3) is 0.611. The molecule has 24 heavy (non-hydrogen) atoms. The number of likely N-dealkylation sites (tertiary alicyclic amines) is 1. The van der Waals surface area contributed by atoms with E-state index >= 15 is 0 Å². The molecule has 134 valence electrons. The maximum Gasteiger partial charge on any atom is 0.317 e. The number of benzene rings is 1. The topological polar surface area (TPSA) is 44.8 Å². The molecule has 1 atom stereocenters. The van der Waals surface area contributed by atoms with Crippen LogP contribution in [0.1, 0.15) is 30.9 Å². The van der Waals surface area contributed by atoms with Crippen molar-refractivity contribution >= 4 is 17.6 Å².